The fourth-order valence-corrected chi connectivity index (χ4v) is 3.03. The largest absolute Gasteiger partial charge is 0.293 e. The Balaban J connectivity index is 2.01. The van der Waals surface area contributed by atoms with Gasteiger partial charge in [0.2, 0.25) is 0 Å². The quantitative estimate of drug-likeness (QED) is 0.454. The van der Waals surface area contributed by atoms with Gasteiger partial charge in [0.15, 0.2) is 5.69 Å². The van der Waals surface area contributed by atoms with Crippen molar-refractivity contribution in [3.8, 4) is 0 Å². The van der Waals surface area contributed by atoms with Crippen molar-refractivity contribution < 1.29 is 0 Å². The smallest absolute Gasteiger partial charge is 0.279 e. The van der Waals surface area contributed by atoms with Crippen LogP contribution in [-0.4, -0.2) is 18.3 Å². The maximum Gasteiger partial charge on any atom is 0.279 e. The predicted octanol–water partition coefficient (Wildman–Crippen LogP) is 3.82. The fraction of sp³-hybridized carbons (Fsp3) is 0.158. The molecule has 25 heavy (non-hydrogen) atoms. The molecule has 1 aromatic carbocycles. The third-order valence-corrected chi connectivity index (χ3v) is 4.79. The Morgan fingerprint density at radius 1 is 1.16 bits per heavy atom. The van der Waals surface area contributed by atoms with Crippen molar-refractivity contribution in [3.05, 3.63) is 87.9 Å². The molecule has 0 saturated carbocycles. The van der Waals surface area contributed by atoms with Crippen molar-refractivity contribution in [1.29, 1.82) is 0 Å². The Labute approximate surface area is 159 Å². The van der Waals surface area contributed by atoms with Crippen LogP contribution in [0.2, 0.25) is 0 Å². The second-order valence-corrected chi connectivity index (χ2v) is 6.70. The van der Waals surface area contributed by atoms with Gasteiger partial charge in [-0.1, -0.05) is 24.3 Å². The molecule has 0 bridgehead atoms. The van der Waals surface area contributed by atoms with Gasteiger partial charge < -0.3 is 0 Å². The number of aryl methyl sites for hydroxylation is 2. The molecule has 2 aromatic heterocycles. The molecule has 0 atom stereocenters. The summed E-state index contributed by atoms with van der Waals surface area (Å²) in [6.45, 7) is 4.31. The molecule has 5 nitrogen and oxygen atoms in total. The SMILES string of the molecule is Cc1ccccc1Cn1cnc(C)c(N=C(I)c2ccncc2)c1=O. The third-order valence-electron chi connectivity index (χ3n) is 3.93. The summed E-state index contributed by atoms with van der Waals surface area (Å²) in [5, 5.41) is 0. The first kappa shape index (κ1) is 17.5. The maximum atomic E-state index is 12.9. The number of pyridine rings is 1. The van der Waals surface area contributed by atoms with E-state index in [2.05, 4.69) is 37.6 Å². The minimum atomic E-state index is -0.140. The van der Waals surface area contributed by atoms with Gasteiger partial charge in [0.1, 0.15) is 3.72 Å². The summed E-state index contributed by atoms with van der Waals surface area (Å²) in [5.74, 6) is 0. The van der Waals surface area contributed by atoms with Gasteiger partial charge in [-0.3, -0.25) is 14.3 Å². The molecule has 3 rings (SSSR count). The van der Waals surface area contributed by atoms with Crippen molar-refractivity contribution in [2.24, 2.45) is 4.99 Å². The normalized spacial score (nSPS) is 11.6. The van der Waals surface area contributed by atoms with E-state index in [-0.39, 0.29) is 5.56 Å². The van der Waals surface area contributed by atoms with Crippen molar-refractivity contribution in [2.75, 3.05) is 0 Å². The summed E-state index contributed by atoms with van der Waals surface area (Å²) in [6.07, 6.45) is 4.99. The van der Waals surface area contributed by atoms with Gasteiger partial charge in [0.05, 0.1) is 18.6 Å². The average Bonchev–Trinajstić information content (AvgIpc) is 2.63. The van der Waals surface area contributed by atoms with E-state index in [1.165, 1.54) is 0 Å². The van der Waals surface area contributed by atoms with Crippen LogP contribution in [0.1, 0.15) is 22.4 Å². The van der Waals surface area contributed by atoms with Gasteiger partial charge in [-0.2, -0.15) is 0 Å². The molecule has 3 aromatic rings. The highest BCUT2D eigenvalue weighted by molar-refractivity contribution is 14.1. The first-order chi connectivity index (χ1) is 12.1. The molecule has 0 aliphatic heterocycles. The van der Waals surface area contributed by atoms with E-state index in [0.717, 1.165) is 20.4 Å². The molecule has 126 valence electrons. The van der Waals surface area contributed by atoms with Crippen LogP contribution in [0.5, 0.6) is 0 Å². The fourth-order valence-electron chi connectivity index (χ4n) is 2.43. The molecular formula is C19H17IN4O. The number of hydrogen-bond acceptors (Lipinski definition) is 4. The van der Waals surface area contributed by atoms with Gasteiger partial charge in [-0.15, -0.1) is 0 Å². The zero-order chi connectivity index (χ0) is 17.8. The van der Waals surface area contributed by atoms with Crippen molar-refractivity contribution >= 4 is 32.0 Å². The third kappa shape index (κ3) is 4.01. The standard InChI is InChI=1S/C19H17IN4O/c1-13-5-3-4-6-16(13)11-24-12-22-14(2)17(19(24)25)23-18(20)15-7-9-21-10-8-15/h3-10,12H,11H2,1-2H3. The summed E-state index contributed by atoms with van der Waals surface area (Å²) >= 11 is 2.13. The lowest BCUT2D eigenvalue weighted by molar-refractivity contribution is 0.728. The number of rotatable bonds is 4. The van der Waals surface area contributed by atoms with Crippen molar-refractivity contribution in [2.45, 2.75) is 20.4 Å². The molecule has 0 spiro atoms. The molecule has 0 radical (unpaired) electrons. The number of benzene rings is 1. The van der Waals surface area contributed by atoms with E-state index < -0.39 is 0 Å². The van der Waals surface area contributed by atoms with E-state index in [0.29, 0.717) is 17.9 Å². The highest BCUT2D eigenvalue weighted by Gasteiger charge is 2.10. The van der Waals surface area contributed by atoms with E-state index in [9.17, 15) is 4.79 Å². The summed E-state index contributed by atoms with van der Waals surface area (Å²) in [7, 11) is 0. The zero-order valence-corrected chi connectivity index (χ0v) is 16.1. The topological polar surface area (TPSA) is 60.1 Å². The lowest BCUT2D eigenvalue weighted by atomic mass is 10.1. The Morgan fingerprint density at radius 3 is 2.60 bits per heavy atom. The van der Waals surface area contributed by atoms with Crippen LogP contribution < -0.4 is 5.56 Å². The second-order valence-electron chi connectivity index (χ2n) is 5.68. The molecule has 0 aliphatic carbocycles. The van der Waals surface area contributed by atoms with E-state index in [1.807, 2.05) is 43.3 Å². The van der Waals surface area contributed by atoms with Crippen LogP contribution >= 0.6 is 22.6 Å². The molecule has 0 unspecified atom stereocenters. The van der Waals surface area contributed by atoms with E-state index >= 15 is 0 Å². The Bertz CT molecular complexity index is 980. The molecule has 6 heteroatoms. The van der Waals surface area contributed by atoms with Crippen LogP contribution in [0.15, 0.2) is 64.9 Å². The monoisotopic (exact) mass is 444 g/mol. The number of aromatic nitrogens is 3. The summed E-state index contributed by atoms with van der Waals surface area (Å²) < 4.78 is 2.33. The lowest BCUT2D eigenvalue weighted by Crippen LogP contribution is -2.22. The molecule has 0 N–H and O–H groups in total. The predicted molar refractivity (Wildman–Crippen MR) is 108 cm³/mol. The molecule has 0 fully saturated rings. The number of aliphatic imine (C=N–C) groups is 1. The number of nitrogens with zero attached hydrogens (tertiary/aromatic N) is 4. The molecular weight excluding hydrogens is 427 g/mol. The van der Waals surface area contributed by atoms with Gasteiger partial charge >= 0.3 is 0 Å². The molecule has 0 saturated heterocycles. The van der Waals surface area contributed by atoms with E-state index in [4.69, 9.17) is 0 Å². The minimum Gasteiger partial charge on any atom is -0.293 e. The zero-order valence-electron chi connectivity index (χ0n) is 14.0. The van der Waals surface area contributed by atoms with E-state index in [1.54, 1.807) is 30.2 Å². The highest BCUT2D eigenvalue weighted by Crippen LogP contribution is 2.16. The second kappa shape index (κ2) is 7.69. The van der Waals surface area contributed by atoms with Crippen molar-refractivity contribution in [1.82, 2.24) is 14.5 Å². The molecule has 0 aliphatic rings. The van der Waals surface area contributed by atoms with Crippen LogP contribution in [-0.2, 0) is 6.54 Å². The lowest BCUT2D eigenvalue weighted by Gasteiger charge is -2.10. The molecule has 2 heterocycles. The summed E-state index contributed by atoms with van der Waals surface area (Å²) in [5.41, 5.74) is 4.01. The van der Waals surface area contributed by atoms with Gasteiger partial charge in [0, 0.05) is 18.0 Å². The highest BCUT2D eigenvalue weighted by atomic mass is 127. The summed E-state index contributed by atoms with van der Waals surface area (Å²) in [4.78, 5) is 25.8. The average molecular weight is 444 g/mol. The van der Waals surface area contributed by atoms with Crippen molar-refractivity contribution in [3.63, 3.8) is 0 Å². The Morgan fingerprint density at radius 2 is 1.88 bits per heavy atom. The van der Waals surface area contributed by atoms with Gasteiger partial charge in [-0.05, 0) is 59.7 Å². The summed E-state index contributed by atoms with van der Waals surface area (Å²) in [6, 6.07) is 11.7. The van der Waals surface area contributed by atoms with Crippen LogP contribution in [0, 0.1) is 13.8 Å². The Kier molecular flexibility index (Phi) is 5.37. The van der Waals surface area contributed by atoms with Crippen LogP contribution in [0.3, 0.4) is 0 Å². The first-order valence-electron chi connectivity index (χ1n) is 7.81. The number of hydrogen-bond donors (Lipinski definition) is 0. The van der Waals surface area contributed by atoms with Crippen LogP contribution in [0.4, 0.5) is 5.69 Å². The Hall–Kier alpha value is -2.35. The number of halogens is 1. The molecule has 0 amide bonds. The van der Waals surface area contributed by atoms with Gasteiger partial charge in [-0.25, -0.2) is 9.98 Å². The van der Waals surface area contributed by atoms with Gasteiger partial charge in [0.25, 0.3) is 5.56 Å². The van der Waals surface area contributed by atoms with Crippen LogP contribution in [0.25, 0.3) is 0 Å². The maximum absolute atomic E-state index is 12.9. The first-order valence-corrected chi connectivity index (χ1v) is 8.89. The minimum absolute atomic E-state index is 0.140.